The van der Waals surface area contributed by atoms with Crippen molar-refractivity contribution in [2.24, 2.45) is 0 Å². The van der Waals surface area contributed by atoms with Crippen molar-refractivity contribution in [1.29, 1.82) is 0 Å². The lowest BCUT2D eigenvalue weighted by molar-refractivity contribution is -0.150. The van der Waals surface area contributed by atoms with Crippen LogP contribution < -0.4 is 0 Å². The maximum Gasteiger partial charge on any atom is 0.330 e. The third-order valence-corrected chi connectivity index (χ3v) is 2.76. The Morgan fingerprint density at radius 1 is 1.11 bits per heavy atom. The van der Waals surface area contributed by atoms with Gasteiger partial charge in [0.1, 0.15) is 19.5 Å². The summed E-state index contributed by atoms with van der Waals surface area (Å²) in [5.74, 6) is -0.689. The topological polar surface area (TPSA) is 86.7 Å². The van der Waals surface area contributed by atoms with Crippen LogP contribution in [0, 0.1) is 0 Å². The first-order chi connectivity index (χ1) is 9.10. The lowest BCUT2D eigenvalue weighted by Crippen LogP contribution is -2.13. The fourth-order valence-corrected chi connectivity index (χ4v) is 1.61. The highest BCUT2D eigenvalue weighted by Crippen LogP contribution is 2.08. The van der Waals surface area contributed by atoms with E-state index in [9.17, 15) is 19.2 Å². The molecule has 106 valence electrons. The number of carbonyl (C=O) groups excluding carboxylic acids is 4. The van der Waals surface area contributed by atoms with Gasteiger partial charge in [0.15, 0.2) is 5.12 Å². The van der Waals surface area contributed by atoms with Crippen molar-refractivity contribution in [3.8, 4) is 0 Å². The molecule has 0 aromatic heterocycles. The molecule has 0 fully saturated rings. The summed E-state index contributed by atoms with van der Waals surface area (Å²) >= 11 is 1.02. The van der Waals surface area contributed by atoms with Gasteiger partial charge in [-0.15, -0.1) is 0 Å². The van der Waals surface area contributed by atoms with Gasteiger partial charge in [-0.3, -0.25) is 9.59 Å². The highest BCUT2D eigenvalue weighted by Gasteiger charge is 2.08. The minimum atomic E-state index is -0.585. The van der Waals surface area contributed by atoms with E-state index in [2.05, 4.69) is 11.3 Å². The van der Waals surface area contributed by atoms with Crippen LogP contribution in [0.2, 0.25) is 0 Å². The van der Waals surface area contributed by atoms with Crippen LogP contribution in [0.15, 0.2) is 12.7 Å². The lowest BCUT2D eigenvalue weighted by Gasteiger charge is -2.04. The van der Waals surface area contributed by atoms with Gasteiger partial charge >= 0.3 is 11.9 Å². The van der Waals surface area contributed by atoms with Crippen molar-refractivity contribution in [1.82, 2.24) is 0 Å². The van der Waals surface area contributed by atoms with Crippen LogP contribution >= 0.6 is 11.8 Å². The molecule has 0 saturated heterocycles. The molecule has 19 heavy (non-hydrogen) atoms. The summed E-state index contributed by atoms with van der Waals surface area (Å²) in [6.45, 7) is 3.12. The number of esters is 2. The molecule has 0 rings (SSSR count). The van der Waals surface area contributed by atoms with E-state index in [0.29, 0.717) is 12.2 Å². The summed E-state index contributed by atoms with van der Waals surface area (Å²) in [6.07, 6.45) is 2.10. The molecule has 0 aliphatic heterocycles. The van der Waals surface area contributed by atoms with Gasteiger partial charge in [-0.1, -0.05) is 18.3 Å². The summed E-state index contributed by atoms with van der Waals surface area (Å²) in [5, 5.41) is -0.156. The van der Waals surface area contributed by atoms with Gasteiger partial charge in [0.2, 0.25) is 0 Å². The van der Waals surface area contributed by atoms with Crippen molar-refractivity contribution >= 4 is 35.1 Å². The Labute approximate surface area is 115 Å². The maximum absolute atomic E-state index is 11.2. The Kier molecular flexibility index (Phi) is 10.5. The first-order valence-corrected chi connectivity index (χ1v) is 6.62. The fraction of sp³-hybridized carbons (Fsp3) is 0.500. The number of ether oxygens (including phenoxy) is 2. The van der Waals surface area contributed by atoms with E-state index < -0.39 is 11.9 Å². The zero-order valence-electron chi connectivity index (χ0n) is 10.5. The van der Waals surface area contributed by atoms with E-state index >= 15 is 0 Å². The summed E-state index contributed by atoms with van der Waals surface area (Å²) < 4.78 is 9.34. The van der Waals surface area contributed by atoms with Crippen LogP contribution in [0.4, 0.5) is 0 Å². The third kappa shape index (κ3) is 11.2. The molecule has 0 heterocycles. The maximum atomic E-state index is 11.2. The van der Waals surface area contributed by atoms with Crippen LogP contribution in [-0.4, -0.2) is 42.3 Å². The summed E-state index contributed by atoms with van der Waals surface area (Å²) in [6, 6.07) is 0. The number of hydrogen-bond acceptors (Lipinski definition) is 7. The second kappa shape index (κ2) is 11.5. The van der Waals surface area contributed by atoms with Crippen LogP contribution in [0.3, 0.4) is 0 Å². The van der Waals surface area contributed by atoms with Gasteiger partial charge in [0.25, 0.3) is 0 Å². The molecule has 0 radical (unpaired) electrons. The fourth-order valence-electron chi connectivity index (χ4n) is 0.926. The smallest absolute Gasteiger partial charge is 0.330 e. The number of thioether (sulfide) groups is 1. The minimum absolute atomic E-state index is 0.0255. The van der Waals surface area contributed by atoms with Gasteiger partial charge in [0, 0.05) is 24.7 Å². The molecule has 0 aliphatic carbocycles. The zero-order valence-corrected chi connectivity index (χ0v) is 11.3. The molecular formula is C12H16O6S. The number of carbonyl (C=O) groups is 4. The van der Waals surface area contributed by atoms with Crippen molar-refractivity contribution in [2.45, 2.75) is 19.3 Å². The SMILES string of the molecule is C=CC(=O)OCCOC(=O)CCC(=O)SCCC=O. The largest absolute Gasteiger partial charge is 0.462 e. The average molecular weight is 288 g/mol. The summed E-state index contributed by atoms with van der Waals surface area (Å²) in [7, 11) is 0. The van der Waals surface area contributed by atoms with E-state index in [4.69, 9.17) is 4.74 Å². The highest BCUT2D eigenvalue weighted by atomic mass is 32.2. The first-order valence-electron chi connectivity index (χ1n) is 5.64. The Morgan fingerprint density at radius 3 is 2.42 bits per heavy atom. The zero-order chi connectivity index (χ0) is 14.5. The lowest BCUT2D eigenvalue weighted by atomic mass is 10.3. The Bertz CT molecular complexity index is 339. The van der Waals surface area contributed by atoms with E-state index in [1.165, 1.54) is 0 Å². The van der Waals surface area contributed by atoms with Crippen LogP contribution in [-0.2, 0) is 28.7 Å². The quantitative estimate of drug-likeness (QED) is 0.255. The van der Waals surface area contributed by atoms with Gasteiger partial charge in [-0.05, 0) is 0 Å². The van der Waals surface area contributed by atoms with Gasteiger partial charge < -0.3 is 14.3 Å². The average Bonchev–Trinajstić information content (AvgIpc) is 2.41. The van der Waals surface area contributed by atoms with Gasteiger partial charge in [0.05, 0.1) is 6.42 Å². The van der Waals surface area contributed by atoms with Crippen LogP contribution in [0.5, 0.6) is 0 Å². The Morgan fingerprint density at radius 2 is 1.79 bits per heavy atom. The summed E-state index contributed by atoms with van der Waals surface area (Å²) in [4.78, 5) is 43.1. The molecule has 0 saturated carbocycles. The van der Waals surface area contributed by atoms with Crippen LogP contribution in [0.1, 0.15) is 19.3 Å². The molecule has 0 amide bonds. The van der Waals surface area contributed by atoms with E-state index in [-0.39, 0.29) is 31.2 Å². The van der Waals surface area contributed by atoms with Crippen LogP contribution in [0.25, 0.3) is 0 Å². The molecule has 6 nitrogen and oxygen atoms in total. The standard InChI is InChI=1S/C12H16O6S/c1-2-10(14)17-7-8-18-11(15)4-5-12(16)19-9-3-6-13/h2,6H,1,3-5,7-9H2. The number of rotatable bonds is 10. The molecule has 0 spiro atoms. The van der Waals surface area contributed by atoms with E-state index in [0.717, 1.165) is 24.1 Å². The number of hydrogen-bond donors (Lipinski definition) is 0. The molecule has 0 aromatic carbocycles. The van der Waals surface area contributed by atoms with Gasteiger partial charge in [-0.2, -0.15) is 0 Å². The molecular weight excluding hydrogens is 272 g/mol. The molecule has 7 heteroatoms. The van der Waals surface area contributed by atoms with Crippen molar-refractivity contribution in [2.75, 3.05) is 19.0 Å². The second-order valence-corrected chi connectivity index (χ2v) is 4.42. The predicted octanol–water partition coefficient (Wildman–Crippen LogP) is 0.888. The minimum Gasteiger partial charge on any atom is -0.462 e. The molecule has 0 aromatic rings. The van der Waals surface area contributed by atoms with E-state index in [1.54, 1.807) is 0 Å². The first kappa shape index (κ1) is 17.4. The molecule has 0 unspecified atom stereocenters. The Balaban J connectivity index is 3.53. The molecule has 0 aliphatic rings. The van der Waals surface area contributed by atoms with Crippen molar-refractivity contribution < 1.29 is 28.7 Å². The number of aldehydes is 1. The normalized spacial score (nSPS) is 9.47. The molecule has 0 N–H and O–H groups in total. The van der Waals surface area contributed by atoms with Crippen molar-refractivity contribution in [3.05, 3.63) is 12.7 Å². The van der Waals surface area contributed by atoms with Crippen molar-refractivity contribution in [3.63, 3.8) is 0 Å². The predicted molar refractivity (Wildman–Crippen MR) is 69.5 cm³/mol. The monoisotopic (exact) mass is 288 g/mol. The van der Waals surface area contributed by atoms with Gasteiger partial charge in [-0.25, -0.2) is 4.79 Å². The second-order valence-electron chi connectivity index (χ2n) is 3.27. The third-order valence-electron chi connectivity index (χ3n) is 1.79. The summed E-state index contributed by atoms with van der Waals surface area (Å²) in [5.41, 5.74) is 0. The Hall–Kier alpha value is -1.63. The molecule has 0 atom stereocenters. The highest BCUT2D eigenvalue weighted by molar-refractivity contribution is 8.13. The molecule has 0 bridgehead atoms. The van der Waals surface area contributed by atoms with E-state index in [1.807, 2.05) is 0 Å².